The Morgan fingerprint density at radius 2 is 2.00 bits per heavy atom. The van der Waals surface area contributed by atoms with E-state index in [9.17, 15) is 4.79 Å². The maximum atomic E-state index is 12.6. The quantitative estimate of drug-likeness (QED) is 0.557. The summed E-state index contributed by atoms with van der Waals surface area (Å²) < 4.78 is 6.40. The molecule has 0 fully saturated rings. The molecule has 2 aromatic rings. The van der Waals surface area contributed by atoms with Crippen LogP contribution >= 0.6 is 22.6 Å². The van der Waals surface area contributed by atoms with Gasteiger partial charge in [0.25, 0.3) is 0 Å². The molecule has 1 aliphatic carbocycles. The molecule has 0 amide bonds. The number of allylic oxidation sites excluding steroid dienone is 1. The van der Waals surface area contributed by atoms with Crippen molar-refractivity contribution in [2.45, 2.75) is 12.8 Å². The van der Waals surface area contributed by atoms with Gasteiger partial charge in [0, 0.05) is 14.7 Å². The monoisotopic (exact) mass is 390 g/mol. The summed E-state index contributed by atoms with van der Waals surface area (Å²) in [6, 6.07) is 13.9. The molecule has 106 valence electrons. The van der Waals surface area contributed by atoms with E-state index >= 15 is 0 Å². The SMILES string of the molecule is COc1ccc2c(c1)CCC(=Cc1cccc(I)c1)C2=O. The van der Waals surface area contributed by atoms with Crippen molar-refractivity contribution in [3.63, 3.8) is 0 Å². The fraction of sp³-hybridized carbons (Fsp3) is 0.167. The topological polar surface area (TPSA) is 26.3 Å². The second kappa shape index (κ2) is 6.02. The van der Waals surface area contributed by atoms with E-state index in [0.29, 0.717) is 0 Å². The van der Waals surface area contributed by atoms with Crippen molar-refractivity contribution >= 4 is 34.5 Å². The smallest absolute Gasteiger partial charge is 0.189 e. The van der Waals surface area contributed by atoms with Gasteiger partial charge in [0.05, 0.1) is 7.11 Å². The average molecular weight is 390 g/mol. The Hall–Kier alpha value is -1.62. The number of rotatable bonds is 2. The number of ether oxygens (including phenoxy) is 1. The van der Waals surface area contributed by atoms with E-state index in [1.54, 1.807) is 7.11 Å². The Labute approximate surface area is 138 Å². The van der Waals surface area contributed by atoms with E-state index in [-0.39, 0.29) is 5.78 Å². The number of Topliss-reactive ketones (excluding diaryl/α,β-unsaturated/α-hetero) is 1. The van der Waals surface area contributed by atoms with Gasteiger partial charge in [-0.3, -0.25) is 4.79 Å². The molecule has 0 atom stereocenters. The molecule has 3 heteroatoms. The number of methoxy groups -OCH3 is 1. The Bertz CT molecular complexity index is 732. The molecule has 0 aromatic heterocycles. The van der Waals surface area contributed by atoms with Gasteiger partial charge in [-0.25, -0.2) is 0 Å². The molecule has 0 heterocycles. The number of carbonyl (C=O) groups excluding carboxylic acids is 1. The van der Waals surface area contributed by atoms with Gasteiger partial charge in [0.1, 0.15) is 5.75 Å². The lowest BCUT2D eigenvalue weighted by atomic mass is 9.86. The van der Waals surface area contributed by atoms with Crippen LogP contribution in [0.1, 0.15) is 27.9 Å². The first-order chi connectivity index (χ1) is 10.2. The Balaban J connectivity index is 1.95. The van der Waals surface area contributed by atoms with Gasteiger partial charge in [-0.1, -0.05) is 12.1 Å². The lowest BCUT2D eigenvalue weighted by Crippen LogP contribution is -2.14. The highest BCUT2D eigenvalue weighted by atomic mass is 127. The van der Waals surface area contributed by atoms with Gasteiger partial charge in [0.15, 0.2) is 5.78 Å². The van der Waals surface area contributed by atoms with Crippen molar-refractivity contribution in [3.8, 4) is 5.75 Å². The number of hydrogen-bond donors (Lipinski definition) is 0. The van der Waals surface area contributed by atoms with E-state index in [0.717, 1.165) is 40.9 Å². The van der Waals surface area contributed by atoms with Crippen LogP contribution in [0.2, 0.25) is 0 Å². The van der Waals surface area contributed by atoms with E-state index in [1.807, 2.05) is 42.5 Å². The van der Waals surface area contributed by atoms with Crippen LogP contribution < -0.4 is 4.74 Å². The first-order valence-corrected chi connectivity index (χ1v) is 7.93. The van der Waals surface area contributed by atoms with Crippen LogP contribution in [0.5, 0.6) is 5.75 Å². The third-order valence-corrected chi connectivity index (χ3v) is 4.37. The molecule has 2 nitrogen and oxygen atoms in total. The average Bonchev–Trinajstić information content (AvgIpc) is 2.50. The summed E-state index contributed by atoms with van der Waals surface area (Å²) in [6.45, 7) is 0. The van der Waals surface area contributed by atoms with Gasteiger partial charge in [-0.15, -0.1) is 0 Å². The van der Waals surface area contributed by atoms with Crippen molar-refractivity contribution in [2.75, 3.05) is 7.11 Å². The molecular formula is C18H15IO2. The number of aryl methyl sites for hydroxylation is 1. The van der Waals surface area contributed by atoms with Gasteiger partial charge < -0.3 is 4.74 Å². The fourth-order valence-corrected chi connectivity index (χ4v) is 3.18. The molecule has 0 N–H and O–H groups in total. The molecule has 1 aliphatic rings. The summed E-state index contributed by atoms with van der Waals surface area (Å²) in [4.78, 5) is 12.6. The van der Waals surface area contributed by atoms with Crippen LogP contribution in [-0.2, 0) is 6.42 Å². The largest absolute Gasteiger partial charge is 0.497 e. The summed E-state index contributed by atoms with van der Waals surface area (Å²) >= 11 is 2.28. The Kier molecular flexibility index (Phi) is 4.10. The third-order valence-electron chi connectivity index (χ3n) is 3.70. The lowest BCUT2D eigenvalue weighted by Gasteiger charge is -2.18. The summed E-state index contributed by atoms with van der Waals surface area (Å²) in [5.41, 5.74) is 3.86. The zero-order valence-corrected chi connectivity index (χ0v) is 13.9. The third kappa shape index (κ3) is 3.02. The van der Waals surface area contributed by atoms with Crippen molar-refractivity contribution in [1.82, 2.24) is 0 Å². The second-order valence-electron chi connectivity index (χ2n) is 5.08. The van der Waals surface area contributed by atoms with Crippen LogP contribution in [0, 0.1) is 3.57 Å². The molecule has 0 bridgehead atoms. The molecule has 0 spiro atoms. The van der Waals surface area contributed by atoms with Gasteiger partial charge in [-0.2, -0.15) is 0 Å². The highest BCUT2D eigenvalue weighted by Gasteiger charge is 2.22. The normalized spacial score (nSPS) is 15.9. The maximum Gasteiger partial charge on any atom is 0.189 e. The number of hydrogen-bond acceptors (Lipinski definition) is 2. The Morgan fingerprint density at radius 1 is 1.14 bits per heavy atom. The van der Waals surface area contributed by atoms with E-state index in [4.69, 9.17) is 4.74 Å². The standard InChI is InChI=1S/C18H15IO2/c1-21-16-7-8-17-13(11-16)5-6-14(18(17)20)9-12-3-2-4-15(19)10-12/h2-4,7-11H,5-6H2,1H3. The van der Waals surface area contributed by atoms with E-state index in [1.165, 1.54) is 3.57 Å². The first kappa shape index (κ1) is 14.3. The van der Waals surface area contributed by atoms with Crippen LogP contribution in [0.3, 0.4) is 0 Å². The number of fused-ring (bicyclic) bond motifs is 1. The number of halogens is 1. The summed E-state index contributed by atoms with van der Waals surface area (Å²) in [5.74, 6) is 0.948. The highest BCUT2D eigenvalue weighted by molar-refractivity contribution is 14.1. The van der Waals surface area contributed by atoms with Gasteiger partial charge >= 0.3 is 0 Å². The van der Waals surface area contributed by atoms with Crippen LogP contribution in [0.4, 0.5) is 0 Å². The number of carbonyl (C=O) groups is 1. The molecule has 0 saturated carbocycles. The summed E-state index contributed by atoms with van der Waals surface area (Å²) in [5, 5.41) is 0. The summed E-state index contributed by atoms with van der Waals surface area (Å²) in [6.07, 6.45) is 3.68. The van der Waals surface area contributed by atoms with Crippen molar-refractivity contribution in [1.29, 1.82) is 0 Å². The molecule has 0 unspecified atom stereocenters. The van der Waals surface area contributed by atoms with Gasteiger partial charge in [0.2, 0.25) is 0 Å². The first-order valence-electron chi connectivity index (χ1n) is 6.85. The minimum absolute atomic E-state index is 0.137. The van der Waals surface area contributed by atoms with Crippen molar-refractivity contribution < 1.29 is 9.53 Å². The minimum Gasteiger partial charge on any atom is -0.497 e. The molecule has 0 aliphatic heterocycles. The van der Waals surface area contributed by atoms with E-state index < -0.39 is 0 Å². The molecule has 0 radical (unpaired) electrons. The number of ketones is 1. The van der Waals surface area contributed by atoms with Crippen molar-refractivity contribution in [2.24, 2.45) is 0 Å². The molecule has 21 heavy (non-hydrogen) atoms. The highest BCUT2D eigenvalue weighted by Crippen LogP contribution is 2.29. The number of benzene rings is 2. The minimum atomic E-state index is 0.137. The zero-order valence-electron chi connectivity index (χ0n) is 11.7. The van der Waals surface area contributed by atoms with E-state index in [2.05, 4.69) is 28.7 Å². The second-order valence-corrected chi connectivity index (χ2v) is 6.32. The molecule has 3 rings (SSSR count). The van der Waals surface area contributed by atoms with Crippen molar-refractivity contribution in [3.05, 3.63) is 68.3 Å². The van der Waals surface area contributed by atoms with Crippen LogP contribution in [0.25, 0.3) is 6.08 Å². The summed E-state index contributed by atoms with van der Waals surface area (Å²) in [7, 11) is 1.65. The predicted octanol–water partition coefficient (Wildman–Crippen LogP) is 4.51. The Morgan fingerprint density at radius 3 is 2.76 bits per heavy atom. The zero-order chi connectivity index (χ0) is 14.8. The maximum absolute atomic E-state index is 12.6. The van der Waals surface area contributed by atoms with Crippen LogP contribution in [0.15, 0.2) is 48.0 Å². The molecule has 2 aromatic carbocycles. The molecule has 0 saturated heterocycles. The lowest BCUT2D eigenvalue weighted by molar-refractivity contribution is 0.102. The molecular weight excluding hydrogens is 375 g/mol. The predicted molar refractivity (Wildman–Crippen MR) is 92.8 cm³/mol. The fourth-order valence-electron chi connectivity index (χ4n) is 2.62. The van der Waals surface area contributed by atoms with Gasteiger partial charge in [-0.05, 0) is 83.0 Å². The van der Waals surface area contributed by atoms with Crippen LogP contribution in [-0.4, -0.2) is 12.9 Å².